The molecule has 3 rings (SSSR count). The second kappa shape index (κ2) is 11.6. The number of nitrogens with two attached hydrogens (primary N) is 2. The van der Waals surface area contributed by atoms with Crippen LogP contribution in [0.25, 0.3) is 5.57 Å². The number of methoxy groups -OCH3 is 1. The van der Waals surface area contributed by atoms with Crippen LogP contribution < -0.4 is 22.1 Å². The van der Waals surface area contributed by atoms with E-state index in [1.54, 1.807) is 6.07 Å². The van der Waals surface area contributed by atoms with Crippen molar-refractivity contribution in [2.45, 2.75) is 56.7 Å². The number of benzene rings is 1. The molecule has 184 valence electrons. The van der Waals surface area contributed by atoms with Crippen LogP contribution >= 0.6 is 11.6 Å². The van der Waals surface area contributed by atoms with Gasteiger partial charge in [-0.15, -0.1) is 0 Å². The Kier molecular flexibility index (Phi) is 8.82. The molecule has 9 nitrogen and oxygen atoms in total. The molecule has 2 aliphatic rings. The summed E-state index contributed by atoms with van der Waals surface area (Å²) in [7, 11) is 1.23. The molecule has 1 unspecified atom stereocenters. The molecule has 2 amide bonds. The van der Waals surface area contributed by atoms with E-state index in [0.29, 0.717) is 36.4 Å². The Morgan fingerprint density at radius 2 is 1.94 bits per heavy atom. The number of halogens is 1. The number of amides is 2. The molecule has 0 spiro atoms. The lowest BCUT2D eigenvalue weighted by Crippen LogP contribution is -2.55. The second-order valence-electron chi connectivity index (χ2n) is 8.69. The van der Waals surface area contributed by atoms with Crippen LogP contribution in [0.4, 0.5) is 0 Å². The van der Waals surface area contributed by atoms with Crippen molar-refractivity contribution < 1.29 is 23.9 Å². The molecule has 0 radical (unpaired) electrons. The van der Waals surface area contributed by atoms with Gasteiger partial charge in [0.05, 0.1) is 13.2 Å². The van der Waals surface area contributed by atoms with E-state index in [-0.39, 0.29) is 25.0 Å². The first-order valence-electron chi connectivity index (χ1n) is 11.4. The first-order valence-corrected chi connectivity index (χ1v) is 11.8. The maximum atomic E-state index is 13.1. The third-order valence-corrected chi connectivity index (χ3v) is 6.64. The maximum Gasteiger partial charge on any atom is 0.328 e. The van der Waals surface area contributed by atoms with Gasteiger partial charge in [0.1, 0.15) is 17.9 Å². The predicted molar refractivity (Wildman–Crippen MR) is 128 cm³/mol. The lowest BCUT2D eigenvalue weighted by atomic mass is 9.82. The minimum atomic E-state index is -1.02. The number of esters is 1. The molecule has 4 atom stereocenters. The highest BCUT2D eigenvalue weighted by Gasteiger charge is 2.32. The lowest BCUT2D eigenvalue weighted by Gasteiger charge is -2.25. The van der Waals surface area contributed by atoms with Crippen molar-refractivity contribution in [2.75, 3.05) is 13.7 Å². The number of Topliss-reactive ketones (excluding diaryl/α,β-unsaturated/α-hetero) is 1. The number of hydrogen-bond donors (Lipinski definition) is 4. The van der Waals surface area contributed by atoms with Crippen LogP contribution in [0, 0.1) is 5.92 Å². The summed E-state index contributed by atoms with van der Waals surface area (Å²) in [5, 5.41) is 5.79. The van der Waals surface area contributed by atoms with E-state index in [0.717, 1.165) is 11.1 Å². The van der Waals surface area contributed by atoms with E-state index < -0.39 is 41.8 Å². The number of rotatable bonds is 4. The van der Waals surface area contributed by atoms with E-state index >= 15 is 0 Å². The monoisotopic (exact) mass is 490 g/mol. The molecule has 0 saturated heterocycles. The number of hydrogen-bond acceptors (Lipinski definition) is 7. The van der Waals surface area contributed by atoms with E-state index in [2.05, 4.69) is 10.6 Å². The number of nitrogens with one attached hydrogen (secondary N) is 2. The van der Waals surface area contributed by atoms with Gasteiger partial charge in [0.15, 0.2) is 0 Å². The molecule has 1 aromatic rings. The molecule has 1 aliphatic carbocycles. The van der Waals surface area contributed by atoms with Gasteiger partial charge in [0.2, 0.25) is 11.8 Å². The van der Waals surface area contributed by atoms with Crippen LogP contribution in [0.2, 0.25) is 5.02 Å². The van der Waals surface area contributed by atoms with Crippen molar-refractivity contribution in [2.24, 2.45) is 17.4 Å². The Labute approximate surface area is 203 Å². The molecule has 0 saturated carbocycles. The van der Waals surface area contributed by atoms with Crippen LogP contribution in [-0.4, -0.2) is 55.3 Å². The number of allylic oxidation sites excluding steroid dienone is 2. The molecule has 0 aromatic heterocycles. The fraction of sp³-hybridized carbons (Fsp3) is 0.500. The Morgan fingerprint density at radius 3 is 2.65 bits per heavy atom. The SMILES string of the molecule is COC(=O)[C@@H]1Cc2cc(ccc2Cl)C2=CC(C[C@H](N)C(=O)N[C@@H](CCCN)C(=O)N1)C(=O)CC2. The van der Waals surface area contributed by atoms with Gasteiger partial charge < -0.3 is 26.8 Å². The average Bonchev–Trinajstić information content (AvgIpc) is 2.82. The zero-order valence-corrected chi connectivity index (χ0v) is 19.9. The molecule has 6 N–H and O–H groups in total. The molecule has 1 aromatic carbocycles. The average molecular weight is 491 g/mol. The van der Waals surface area contributed by atoms with Gasteiger partial charge in [-0.25, -0.2) is 4.79 Å². The third-order valence-electron chi connectivity index (χ3n) is 6.27. The number of carbonyl (C=O) groups excluding carboxylic acids is 4. The molecule has 4 bridgehead atoms. The quantitative estimate of drug-likeness (QED) is 0.456. The molecule has 34 heavy (non-hydrogen) atoms. The zero-order chi connectivity index (χ0) is 24.8. The van der Waals surface area contributed by atoms with Crippen molar-refractivity contribution in [3.05, 3.63) is 40.4 Å². The van der Waals surface area contributed by atoms with Gasteiger partial charge in [-0.1, -0.05) is 23.7 Å². The van der Waals surface area contributed by atoms with Crippen molar-refractivity contribution in [3.63, 3.8) is 0 Å². The first-order chi connectivity index (χ1) is 16.2. The second-order valence-corrected chi connectivity index (χ2v) is 9.10. The Balaban J connectivity index is 2.05. The maximum absolute atomic E-state index is 13.1. The number of carbonyl (C=O) groups is 4. The fourth-order valence-electron chi connectivity index (χ4n) is 4.31. The van der Waals surface area contributed by atoms with Crippen molar-refractivity contribution in [1.82, 2.24) is 10.6 Å². The molecule has 1 aliphatic heterocycles. The van der Waals surface area contributed by atoms with E-state index in [4.69, 9.17) is 27.8 Å². The topological polar surface area (TPSA) is 154 Å². The van der Waals surface area contributed by atoms with Crippen LogP contribution in [0.3, 0.4) is 0 Å². The smallest absolute Gasteiger partial charge is 0.328 e. The minimum Gasteiger partial charge on any atom is -0.467 e. The highest BCUT2D eigenvalue weighted by Crippen LogP contribution is 2.32. The van der Waals surface area contributed by atoms with Crippen LogP contribution in [0.15, 0.2) is 24.3 Å². The normalized spacial score (nSPS) is 25.9. The summed E-state index contributed by atoms with van der Waals surface area (Å²) in [4.78, 5) is 50.9. The van der Waals surface area contributed by atoms with Gasteiger partial charge in [0.25, 0.3) is 0 Å². The Hall–Kier alpha value is -2.75. The van der Waals surface area contributed by atoms with E-state index in [1.165, 1.54) is 7.11 Å². The van der Waals surface area contributed by atoms with Crippen LogP contribution in [0.1, 0.15) is 43.2 Å². The predicted octanol–water partition coefficient (Wildman–Crippen LogP) is 0.858. The standard InChI is InChI=1S/C24H31ClN4O5/c1-34-24(33)20-12-15-9-13(4-6-17(15)25)14-5-7-21(30)16(10-14)11-18(27)22(31)28-19(3-2-8-26)23(32)29-20/h4,6,9-10,16,18-20H,2-3,5,7-8,11-12,26-27H2,1H3,(H,28,31)(H,29,32)/t16?,18-,19-,20-/m0/s1. The highest BCUT2D eigenvalue weighted by atomic mass is 35.5. The van der Waals surface area contributed by atoms with Gasteiger partial charge in [-0.05, 0) is 61.1 Å². The highest BCUT2D eigenvalue weighted by molar-refractivity contribution is 6.31. The van der Waals surface area contributed by atoms with E-state index in [1.807, 2.05) is 18.2 Å². The van der Waals surface area contributed by atoms with Crippen LogP contribution in [0.5, 0.6) is 0 Å². The Bertz CT molecular complexity index is 996. The summed E-state index contributed by atoms with van der Waals surface area (Å²) < 4.78 is 4.90. The summed E-state index contributed by atoms with van der Waals surface area (Å²) in [5.74, 6) is -2.22. The summed E-state index contributed by atoms with van der Waals surface area (Å²) in [6.45, 7) is 0.318. The van der Waals surface area contributed by atoms with Crippen LogP contribution in [-0.2, 0) is 30.3 Å². The first kappa shape index (κ1) is 25.9. The number of fused-ring (bicyclic) bond motifs is 4. The summed E-state index contributed by atoms with van der Waals surface area (Å²) in [6.07, 6.45) is 3.71. The van der Waals surface area contributed by atoms with Gasteiger partial charge in [-0.3, -0.25) is 14.4 Å². The minimum absolute atomic E-state index is 0.0219. The molecular weight excluding hydrogens is 460 g/mol. The van der Waals surface area contributed by atoms with Crippen molar-refractivity contribution in [3.8, 4) is 0 Å². The summed E-state index contributed by atoms with van der Waals surface area (Å²) >= 11 is 6.42. The lowest BCUT2D eigenvalue weighted by molar-refractivity contribution is -0.145. The van der Waals surface area contributed by atoms with E-state index in [9.17, 15) is 19.2 Å². The van der Waals surface area contributed by atoms with Crippen molar-refractivity contribution >= 4 is 40.7 Å². The molecule has 0 fully saturated rings. The van der Waals surface area contributed by atoms with Crippen molar-refractivity contribution in [1.29, 1.82) is 0 Å². The summed E-state index contributed by atoms with van der Waals surface area (Å²) in [5.41, 5.74) is 14.2. The number of ketones is 1. The zero-order valence-electron chi connectivity index (χ0n) is 19.1. The van der Waals surface area contributed by atoms with Gasteiger partial charge in [0, 0.05) is 23.8 Å². The summed E-state index contributed by atoms with van der Waals surface area (Å²) in [6, 6.07) is 2.49. The molecule has 1 heterocycles. The fourth-order valence-corrected chi connectivity index (χ4v) is 4.51. The van der Waals surface area contributed by atoms with Gasteiger partial charge in [-0.2, -0.15) is 0 Å². The van der Waals surface area contributed by atoms with Gasteiger partial charge >= 0.3 is 5.97 Å². The number of ether oxygens (including phenoxy) is 1. The third kappa shape index (κ3) is 6.22. The molecular formula is C24H31ClN4O5. The Morgan fingerprint density at radius 1 is 1.18 bits per heavy atom. The largest absolute Gasteiger partial charge is 0.467 e. The molecule has 10 heteroatoms.